The second-order valence-electron chi connectivity index (χ2n) is 4.28. The van der Waals surface area contributed by atoms with Crippen LogP contribution in [0.5, 0.6) is 0 Å². The van der Waals surface area contributed by atoms with Gasteiger partial charge in [0.15, 0.2) is 0 Å². The zero-order valence-corrected chi connectivity index (χ0v) is 8.61. The molecule has 72 valence electrons. The van der Waals surface area contributed by atoms with Crippen molar-refractivity contribution in [3.8, 4) is 0 Å². The Morgan fingerprint density at radius 2 is 2.31 bits per heavy atom. The van der Waals surface area contributed by atoms with E-state index >= 15 is 0 Å². The van der Waals surface area contributed by atoms with Crippen LogP contribution in [-0.2, 0) is 9.53 Å². The van der Waals surface area contributed by atoms with Crippen molar-refractivity contribution >= 4 is 21.9 Å². The van der Waals surface area contributed by atoms with Crippen molar-refractivity contribution in [3.05, 3.63) is 0 Å². The fourth-order valence-corrected chi connectivity index (χ4v) is 4.48. The molecule has 3 nitrogen and oxygen atoms in total. The van der Waals surface area contributed by atoms with E-state index in [9.17, 15) is 9.90 Å². The number of fused-ring (bicyclic) bond motifs is 1. The molecule has 3 fully saturated rings. The molecule has 3 aliphatic rings. The minimum atomic E-state index is -0.0847. The van der Waals surface area contributed by atoms with Crippen LogP contribution in [0.15, 0.2) is 0 Å². The van der Waals surface area contributed by atoms with Gasteiger partial charge >= 0.3 is 5.97 Å². The Bertz CT molecular complexity index is 268. The number of hydrogen-bond acceptors (Lipinski definition) is 3. The van der Waals surface area contributed by atoms with Crippen LogP contribution in [0.4, 0.5) is 0 Å². The molecule has 2 aliphatic carbocycles. The maximum Gasteiger partial charge on any atom is 0.310 e. The summed E-state index contributed by atoms with van der Waals surface area (Å²) in [7, 11) is 0. The number of carbonyl (C=O) groups excluding carboxylic acids is 1. The summed E-state index contributed by atoms with van der Waals surface area (Å²) in [6.45, 7) is 0.121. The topological polar surface area (TPSA) is 46.5 Å². The largest absolute Gasteiger partial charge is 0.461 e. The van der Waals surface area contributed by atoms with Gasteiger partial charge in [0.1, 0.15) is 6.10 Å². The van der Waals surface area contributed by atoms with Gasteiger partial charge in [-0.2, -0.15) is 0 Å². The minimum Gasteiger partial charge on any atom is -0.461 e. The fraction of sp³-hybridized carbons (Fsp3) is 0.889. The van der Waals surface area contributed by atoms with E-state index in [1.165, 1.54) is 0 Å². The molecule has 0 spiro atoms. The molecule has 0 amide bonds. The summed E-state index contributed by atoms with van der Waals surface area (Å²) in [6, 6.07) is 0. The predicted molar refractivity (Wildman–Crippen MR) is 48.3 cm³/mol. The van der Waals surface area contributed by atoms with Crippen molar-refractivity contribution in [3.63, 3.8) is 0 Å². The Balaban J connectivity index is 2.01. The molecule has 4 heteroatoms. The molecular formula is C9H11BrO3. The van der Waals surface area contributed by atoms with E-state index in [-0.39, 0.29) is 35.3 Å². The predicted octanol–water partition coefficient (Wildman–Crippen LogP) is 0.550. The highest BCUT2D eigenvalue weighted by Crippen LogP contribution is 2.59. The van der Waals surface area contributed by atoms with Crippen molar-refractivity contribution in [1.29, 1.82) is 0 Å². The first-order valence-electron chi connectivity index (χ1n) is 4.69. The number of carbonyl (C=O) groups is 1. The lowest BCUT2D eigenvalue weighted by Gasteiger charge is -2.26. The normalized spacial score (nSPS) is 57.2. The highest BCUT2D eigenvalue weighted by atomic mass is 79.9. The number of aliphatic hydroxyl groups excluding tert-OH is 1. The van der Waals surface area contributed by atoms with E-state index in [1.807, 2.05) is 0 Å². The SMILES string of the molecule is O=C1O[C@H]2[C@@H](Br)[C@@H]3C[C@H]2[C@@H]1[C@H]3CO. The standard InChI is InChI=1S/C9H11BrO3/c10-7-3-1-4-6(5(3)2-11)9(12)13-8(4)7/h3-8,11H,1-2H2/t3-,4+,5+,6-,7+,8-/m1/s1. The van der Waals surface area contributed by atoms with Crippen molar-refractivity contribution in [2.45, 2.75) is 17.4 Å². The minimum absolute atomic E-state index is 0.00574. The number of rotatable bonds is 1. The highest BCUT2D eigenvalue weighted by Gasteiger charge is 2.65. The summed E-state index contributed by atoms with van der Waals surface area (Å²) in [5.74, 6) is 0.864. The summed E-state index contributed by atoms with van der Waals surface area (Å²) >= 11 is 3.57. The molecule has 0 aromatic carbocycles. The Hall–Kier alpha value is -0.0900. The van der Waals surface area contributed by atoms with Gasteiger partial charge in [-0.15, -0.1) is 0 Å². The van der Waals surface area contributed by atoms with Gasteiger partial charge < -0.3 is 9.84 Å². The van der Waals surface area contributed by atoms with E-state index in [4.69, 9.17) is 4.74 Å². The smallest absolute Gasteiger partial charge is 0.310 e. The quantitative estimate of drug-likeness (QED) is 0.543. The summed E-state index contributed by atoms with van der Waals surface area (Å²) in [4.78, 5) is 11.7. The molecular weight excluding hydrogens is 236 g/mol. The number of esters is 1. The van der Waals surface area contributed by atoms with Crippen LogP contribution in [0.3, 0.4) is 0 Å². The van der Waals surface area contributed by atoms with Gasteiger partial charge in [0.25, 0.3) is 0 Å². The summed E-state index contributed by atoms with van der Waals surface area (Å²) < 4.78 is 5.29. The third-order valence-electron chi connectivity index (χ3n) is 3.90. The van der Waals surface area contributed by atoms with Crippen LogP contribution >= 0.6 is 15.9 Å². The van der Waals surface area contributed by atoms with Crippen LogP contribution in [0.1, 0.15) is 6.42 Å². The Morgan fingerprint density at radius 1 is 1.54 bits per heavy atom. The summed E-state index contributed by atoms with van der Waals surface area (Å²) in [5.41, 5.74) is 0. The van der Waals surface area contributed by atoms with Gasteiger partial charge in [-0.3, -0.25) is 4.79 Å². The van der Waals surface area contributed by atoms with E-state index in [0.29, 0.717) is 11.8 Å². The monoisotopic (exact) mass is 246 g/mol. The number of alkyl halides is 1. The summed E-state index contributed by atoms with van der Waals surface area (Å²) in [5, 5.41) is 9.22. The van der Waals surface area contributed by atoms with E-state index in [0.717, 1.165) is 6.42 Å². The maximum absolute atomic E-state index is 11.5. The van der Waals surface area contributed by atoms with E-state index < -0.39 is 0 Å². The van der Waals surface area contributed by atoms with Crippen LogP contribution < -0.4 is 0 Å². The first-order valence-corrected chi connectivity index (χ1v) is 5.61. The Kier molecular flexibility index (Phi) is 1.57. The molecule has 0 unspecified atom stereocenters. The molecule has 1 heterocycles. The molecule has 1 N–H and O–H groups in total. The zero-order chi connectivity index (χ0) is 9.16. The third kappa shape index (κ3) is 0.814. The van der Waals surface area contributed by atoms with E-state index in [2.05, 4.69) is 15.9 Å². The lowest BCUT2D eigenvalue weighted by atomic mass is 9.80. The van der Waals surface area contributed by atoms with Gasteiger partial charge in [-0.25, -0.2) is 0 Å². The van der Waals surface area contributed by atoms with Crippen LogP contribution in [0.25, 0.3) is 0 Å². The van der Waals surface area contributed by atoms with Crippen molar-refractivity contribution < 1.29 is 14.6 Å². The second-order valence-corrected chi connectivity index (χ2v) is 5.34. The molecule has 0 aromatic heterocycles. The molecule has 1 aliphatic heterocycles. The first-order chi connectivity index (χ1) is 6.24. The number of aliphatic hydroxyl groups is 1. The molecule has 2 saturated carbocycles. The lowest BCUT2D eigenvalue weighted by molar-refractivity contribution is -0.144. The van der Waals surface area contributed by atoms with Crippen LogP contribution in [0.2, 0.25) is 0 Å². The molecule has 6 atom stereocenters. The van der Waals surface area contributed by atoms with Gasteiger partial charge in [0, 0.05) is 12.5 Å². The Morgan fingerprint density at radius 3 is 3.00 bits per heavy atom. The van der Waals surface area contributed by atoms with Crippen molar-refractivity contribution in [2.75, 3.05) is 6.61 Å². The first kappa shape index (κ1) is 8.24. The summed E-state index contributed by atoms with van der Waals surface area (Å²) in [6.07, 6.45) is 1.13. The Labute approximate surface area is 84.6 Å². The van der Waals surface area contributed by atoms with Gasteiger partial charge in [-0.1, -0.05) is 15.9 Å². The van der Waals surface area contributed by atoms with E-state index in [1.54, 1.807) is 0 Å². The molecule has 13 heavy (non-hydrogen) atoms. The number of halogens is 1. The highest BCUT2D eigenvalue weighted by molar-refractivity contribution is 9.09. The van der Waals surface area contributed by atoms with Crippen LogP contribution in [0, 0.1) is 23.7 Å². The molecule has 0 radical (unpaired) electrons. The molecule has 1 saturated heterocycles. The van der Waals surface area contributed by atoms with Gasteiger partial charge in [-0.05, 0) is 18.3 Å². The average molecular weight is 247 g/mol. The van der Waals surface area contributed by atoms with Crippen LogP contribution in [-0.4, -0.2) is 28.6 Å². The second kappa shape index (κ2) is 2.48. The number of hydrogen-bond donors (Lipinski definition) is 1. The average Bonchev–Trinajstić information content (AvgIpc) is 2.68. The fourth-order valence-electron chi connectivity index (χ4n) is 3.37. The van der Waals surface area contributed by atoms with Crippen molar-refractivity contribution in [1.82, 2.24) is 0 Å². The molecule has 2 bridgehead atoms. The number of ether oxygens (including phenoxy) is 1. The maximum atomic E-state index is 11.5. The lowest BCUT2D eigenvalue weighted by Crippen LogP contribution is -2.35. The van der Waals surface area contributed by atoms with Gasteiger partial charge in [0.05, 0.1) is 10.7 Å². The molecule has 0 aromatic rings. The van der Waals surface area contributed by atoms with Gasteiger partial charge in [0.2, 0.25) is 0 Å². The third-order valence-corrected chi connectivity index (χ3v) is 5.10. The van der Waals surface area contributed by atoms with Crippen molar-refractivity contribution in [2.24, 2.45) is 23.7 Å². The molecule has 3 rings (SSSR count). The zero-order valence-electron chi connectivity index (χ0n) is 7.02.